The summed E-state index contributed by atoms with van der Waals surface area (Å²) in [6.07, 6.45) is 2.80. The average Bonchev–Trinajstić information content (AvgIpc) is 3.10. The minimum Gasteiger partial charge on any atom is -0.314 e. The zero-order valence-corrected chi connectivity index (χ0v) is 11.8. The van der Waals surface area contributed by atoms with Gasteiger partial charge in [-0.25, -0.2) is 0 Å². The normalized spacial score (nSPS) is 29.5. The largest absolute Gasteiger partial charge is 0.314 e. The molecular formula is C14H29N3. The molecule has 1 saturated carbocycles. The molecule has 2 atom stereocenters. The van der Waals surface area contributed by atoms with Crippen LogP contribution in [0.5, 0.6) is 0 Å². The maximum Gasteiger partial charge on any atom is 0.0195 e. The summed E-state index contributed by atoms with van der Waals surface area (Å²) in [4.78, 5) is 5.24. The second-order valence-corrected chi connectivity index (χ2v) is 6.02. The lowest BCUT2D eigenvalue weighted by atomic mass is 10.1. The van der Waals surface area contributed by atoms with Crippen molar-refractivity contribution >= 4 is 0 Å². The Bertz CT molecular complexity index is 228. The van der Waals surface area contributed by atoms with Crippen LogP contribution in [0.2, 0.25) is 0 Å². The van der Waals surface area contributed by atoms with Crippen LogP contribution in [-0.2, 0) is 0 Å². The Morgan fingerprint density at radius 3 is 2.65 bits per heavy atom. The summed E-state index contributed by atoms with van der Waals surface area (Å²) in [5, 5.41) is 3.64. The van der Waals surface area contributed by atoms with Gasteiger partial charge >= 0.3 is 0 Å². The molecule has 1 heterocycles. The fourth-order valence-electron chi connectivity index (χ4n) is 2.87. The van der Waals surface area contributed by atoms with Crippen LogP contribution in [0, 0.1) is 5.92 Å². The fraction of sp³-hybridized carbons (Fsp3) is 1.00. The quantitative estimate of drug-likeness (QED) is 0.756. The van der Waals surface area contributed by atoms with Crippen LogP contribution < -0.4 is 5.32 Å². The Morgan fingerprint density at radius 2 is 2.06 bits per heavy atom. The van der Waals surface area contributed by atoms with Crippen molar-refractivity contribution in [2.45, 2.75) is 45.7 Å². The van der Waals surface area contributed by atoms with Gasteiger partial charge in [-0.2, -0.15) is 0 Å². The number of rotatable bonds is 6. The average molecular weight is 239 g/mol. The highest BCUT2D eigenvalue weighted by Crippen LogP contribution is 2.19. The molecule has 1 saturated heterocycles. The van der Waals surface area contributed by atoms with Crippen LogP contribution in [-0.4, -0.2) is 61.2 Å². The lowest BCUT2D eigenvalue weighted by Gasteiger charge is -2.40. The summed E-state index contributed by atoms with van der Waals surface area (Å²) in [7, 11) is 0. The van der Waals surface area contributed by atoms with Gasteiger partial charge in [0.15, 0.2) is 0 Å². The van der Waals surface area contributed by atoms with E-state index in [1.165, 1.54) is 52.1 Å². The molecule has 0 aromatic rings. The van der Waals surface area contributed by atoms with E-state index in [-0.39, 0.29) is 0 Å². The summed E-state index contributed by atoms with van der Waals surface area (Å²) in [5.74, 6) is 0.788. The van der Waals surface area contributed by atoms with E-state index in [0.717, 1.165) is 18.0 Å². The summed E-state index contributed by atoms with van der Waals surface area (Å²) in [6.45, 7) is 14.4. The third kappa shape index (κ3) is 4.23. The second kappa shape index (κ2) is 6.17. The highest BCUT2D eigenvalue weighted by molar-refractivity contribution is 4.83. The van der Waals surface area contributed by atoms with E-state index in [4.69, 9.17) is 0 Å². The molecule has 3 heteroatoms. The lowest BCUT2D eigenvalue weighted by Crippen LogP contribution is -2.52. The van der Waals surface area contributed by atoms with Crippen molar-refractivity contribution in [2.24, 2.45) is 5.92 Å². The van der Waals surface area contributed by atoms with Crippen molar-refractivity contribution in [3.8, 4) is 0 Å². The number of nitrogens with zero attached hydrogens (tertiary/aromatic N) is 2. The van der Waals surface area contributed by atoms with Gasteiger partial charge in [0, 0.05) is 38.3 Å². The van der Waals surface area contributed by atoms with Crippen molar-refractivity contribution in [3.63, 3.8) is 0 Å². The van der Waals surface area contributed by atoms with Crippen LogP contribution in [0.25, 0.3) is 0 Å². The van der Waals surface area contributed by atoms with E-state index in [2.05, 4.69) is 35.9 Å². The molecule has 0 bridgehead atoms. The van der Waals surface area contributed by atoms with Crippen LogP contribution in [0.1, 0.15) is 33.6 Å². The Hall–Kier alpha value is -0.120. The molecule has 0 spiro atoms. The first kappa shape index (κ1) is 13.3. The molecule has 2 unspecified atom stereocenters. The summed E-state index contributed by atoms with van der Waals surface area (Å²) >= 11 is 0. The minimum absolute atomic E-state index is 0.734. The van der Waals surface area contributed by atoms with Crippen LogP contribution in [0.4, 0.5) is 0 Å². The molecule has 2 aliphatic rings. The van der Waals surface area contributed by atoms with Crippen LogP contribution in [0.15, 0.2) is 0 Å². The maximum absolute atomic E-state index is 3.64. The first-order chi connectivity index (χ1) is 8.19. The number of piperazine rings is 1. The van der Waals surface area contributed by atoms with Gasteiger partial charge < -0.3 is 10.2 Å². The van der Waals surface area contributed by atoms with Crippen molar-refractivity contribution in [1.82, 2.24) is 15.1 Å². The van der Waals surface area contributed by atoms with Crippen molar-refractivity contribution in [3.05, 3.63) is 0 Å². The maximum atomic E-state index is 3.64. The fourth-order valence-corrected chi connectivity index (χ4v) is 2.87. The van der Waals surface area contributed by atoms with Crippen molar-refractivity contribution < 1.29 is 0 Å². The van der Waals surface area contributed by atoms with Crippen molar-refractivity contribution in [1.29, 1.82) is 0 Å². The Morgan fingerprint density at radius 1 is 1.29 bits per heavy atom. The standard InChI is InChI=1S/C14H29N3/c1-4-17-8-7-16(11-13(17)3)10-12(2)9-15-14-5-6-14/h12-15H,4-11H2,1-3H3. The van der Waals surface area contributed by atoms with Gasteiger partial charge in [0.25, 0.3) is 0 Å². The zero-order chi connectivity index (χ0) is 12.3. The third-order valence-electron chi connectivity index (χ3n) is 4.16. The molecule has 0 aromatic carbocycles. The van der Waals surface area contributed by atoms with Crippen molar-refractivity contribution in [2.75, 3.05) is 39.3 Å². The zero-order valence-electron chi connectivity index (χ0n) is 11.8. The molecule has 1 aliphatic carbocycles. The Kier molecular flexibility index (Phi) is 4.83. The van der Waals surface area contributed by atoms with Gasteiger partial charge in [-0.1, -0.05) is 13.8 Å². The topological polar surface area (TPSA) is 18.5 Å². The molecular weight excluding hydrogens is 210 g/mol. The van der Waals surface area contributed by atoms with Crippen LogP contribution in [0.3, 0.4) is 0 Å². The highest BCUT2D eigenvalue weighted by Gasteiger charge is 2.24. The van der Waals surface area contributed by atoms with E-state index in [1.807, 2.05) is 0 Å². The van der Waals surface area contributed by atoms with Gasteiger partial charge in [-0.3, -0.25) is 4.90 Å². The molecule has 1 aliphatic heterocycles. The van der Waals surface area contributed by atoms with E-state index >= 15 is 0 Å². The van der Waals surface area contributed by atoms with E-state index in [9.17, 15) is 0 Å². The minimum atomic E-state index is 0.734. The van der Waals surface area contributed by atoms with Crippen LogP contribution >= 0.6 is 0 Å². The Balaban J connectivity index is 1.64. The van der Waals surface area contributed by atoms with E-state index in [0.29, 0.717) is 0 Å². The second-order valence-electron chi connectivity index (χ2n) is 6.02. The summed E-state index contributed by atoms with van der Waals surface area (Å²) < 4.78 is 0. The van der Waals surface area contributed by atoms with Gasteiger partial charge in [0.1, 0.15) is 0 Å². The third-order valence-corrected chi connectivity index (χ3v) is 4.16. The Labute approximate surface area is 107 Å². The first-order valence-electron chi connectivity index (χ1n) is 7.38. The molecule has 0 amide bonds. The molecule has 0 radical (unpaired) electrons. The molecule has 17 heavy (non-hydrogen) atoms. The van der Waals surface area contributed by atoms with Gasteiger partial charge in [-0.15, -0.1) is 0 Å². The number of nitrogens with one attached hydrogen (secondary N) is 1. The smallest absolute Gasteiger partial charge is 0.0195 e. The summed E-state index contributed by atoms with van der Waals surface area (Å²) in [5.41, 5.74) is 0. The first-order valence-corrected chi connectivity index (χ1v) is 7.38. The molecule has 1 N–H and O–H groups in total. The number of likely N-dealkylation sites (N-methyl/N-ethyl adjacent to an activating group) is 1. The lowest BCUT2D eigenvalue weighted by molar-refractivity contribution is 0.0787. The molecule has 2 fully saturated rings. The SMILES string of the molecule is CCN1CCN(CC(C)CNC2CC2)CC1C. The number of hydrogen-bond acceptors (Lipinski definition) is 3. The molecule has 2 rings (SSSR count). The van der Waals surface area contributed by atoms with E-state index in [1.54, 1.807) is 0 Å². The predicted octanol–water partition coefficient (Wildman–Crippen LogP) is 1.40. The van der Waals surface area contributed by atoms with E-state index < -0.39 is 0 Å². The molecule has 0 aromatic heterocycles. The summed E-state index contributed by atoms with van der Waals surface area (Å²) in [6, 6.07) is 1.59. The molecule has 100 valence electrons. The highest BCUT2D eigenvalue weighted by atomic mass is 15.3. The van der Waals surface area contributed by atoms with Gasteiger partial charge in [0.2, 0.25) is 0 Å². The monoisotopic (exact) mass is 239 g/mol. The van der Waals surface area contributed by atoms with Gasteiger partial charge in [0.05, 0.1) is 0 Å². The van der Waals surface area contributed by atoms with Gasteiger partial charge in [-0.05, 0) is 38.8 Å². The predicted molar refractivity (Wildman–Crippen MR) is 73.3 cm³/mol. The molecule has 3 nitrogen and oxygen atoms in total. The number of hydrogen-bond donors (Lipinski definition) is 1.